The molecule has 0 saturated heterocycles. The van der Waals surface area contributed by atoms with Crippen LogP contribution in [-0.2, 0) is 4.74 Å². The van der Waals surface area contributed by atoms with Gasteiger partial charge in [-0.05, 0) is 36.6 Å². The number of ether oxygens (including phenoxy) is 1. The molecule has 3 heteroatoms. The number of aromatic nitrogens is 1. The van der Waals surface area contributed by atoms with Crippen molar-refractivity contribution in [2.24, 2.45) is 0 Å². The molecule has 1 aromatic heterocycles. The highest BCUT2D eigenvalue weighted by molar-refractivity contribution is 5.70. The molecule has 84 valence electrons. The van der Waals surface area contributed by atoms with Crippen molar-refractivity contribution in [2.75, 3.05) is 18.9 Å². The van der Waals surface area contributed by atoms with Crippen LogP contribution in [0.15, 0.2) is 24.8 Å². The molecule has 0 radical (unpaired) electrons. The summed E-state index contributed by atoms with van der Waals surface area (Å²) in [7, 11) is 0. The highest BCUT2D eigenvalue weighted by Crippen LogP contribution is 2.23. The highest BCUT2D eigenvalue weighted by Gasteiger charge is 2.09. The van der Waals surface area contributed by atoms with Gasteiger partial charge in [0.2, 0.25) is 0 Å². The van der Waals surface area contributed by atoms with Crippen LogP contribution >= 0.6 is 0 Å². The Kier molecular flexibility index (Phi) is 3.06. The number of rotatable bonds is 2. The summed E-state index contributed by atoms with van der Waals surface area (Å²) in [4.78, 5) is 4.55. The number of anilines is 1. The second-order valence-corrected chi connectivity index (χ2v) is 4.01. The van der Waals surface area contributed by atoms with E-state index in [2.05, 4.69) is 17.6 Å². The minimum atomic E-state index is 0.661. The largest absolute Gasteiger partial charge is 0.399 e. The van der Waals surface area contributed by atoms with Gasteiger partial charge in [-0.15, -0.1) is 0 Å². The smallest absolute Gasteiger partial charge is 0.0688 e. The van der Waals surface area contributed by atoms with Crippen LogP contribution in [0.4, 0.5) is 5.69 Å². The lowest BCUT2D eigenvalue weighted by molar-refractivity contribution is 0.161. The van der Waals surface area contributed by atoms with E-state index in [9.17, 15) is 0 Å². The summed E-state index contributed by atoms with van der Waals surface area (Å²) < 4.78 is 5.28. The number of nitrogen functional groups attached to an aromatic ring is 1. The standard InChI is InChI=1S/C13H16N2O/c1-9(2)12-7-11(14)8-13(15-12)10-3-5-16-6-4-10/h3,7-8H,1,4-6H2,2H3,(H2,14,15). The third-order valence-electron chi connectivity index (χ3n) is 2.58. The summed E-state index contributed by atoms with van der Waals surface area (Å²) >= 11 is 0. The monoisotopic (exact) mass is 216 g/mol. The molecule has 2 N–H and O–H groups in total. The minimum absolute atomic E-state index is 0.661. The summed E-state index contributed by atoms with van der Waals surface area (Å²) in [6.07, 6.45) is 2.96. The Bertz CT molecular complexity index is 449. The van der Waals surface area contributed by atoms with Crippen molar-refractivity contribution in [1.82, 2.24) is 4.98 Å². The summed E-state index contributed by atoms with van der Waals surface area (Å²) in [6, 6.07) is 3.76. The summed E-state index contributed by atoms with van der Waals surface area (Å²) in [5.74, 6) is 0. The van der Waals surface area contributed by atoms with Crippen LogP contribution in [0.1, 0.15) is 24.7 Å². The maximum absolute atomic E-state index is 5.86. The van der Waals surface area contributed by atoms with Crippen molar-refractivity contribution >= 4 is 16.8 Å². The van der Waals surface area contributed by atoms with Crippen LogP contribution < -0.4 is 5.73 Å². The number of allylic oxidation sites excluding steroid dienone is 1. The van der Waals surface area contributed by atoms with Gasteiger partial charge in [0.25, 0.3) is 0 Å². The van der Waals surface area contributed by atoms with Crippen molar-refractivity contribution in [1.29, 1.82) is 0 Å². The van der Waals surface area contributed by atoms with Gasteiger partial charge in [-0.1, -0.05) is 12.7 Å². The van der Waals surface area contributed by atoms with Gasteiger partial charge in [-0.2, -0.15) is 0 Å². The fraction of sp³-hybridized carbons (Fsp3) is 0.308. The Hall–Kier alpha value is -1.61. The molecule has 3 nitrogen and oxygen atoms in total. The second-order valence-electron chi connectivity index (χ2n) is 4.01. The highest BCUT2D eigenvalue weighted by atomic mass is 16.5. The number of hydrogen-bond acceptors (Lipinski definition) is 3. The molecule has 0 amide bonds. The molecule has 0 bridgehead atoms. The number of hydrogen-bond donors (Lipinski definition) is 1. The Labute approximate surface area is 95.6 Å². The van der Waals surface area contributed by atoms with Crippen LogP contribution in [0.3, 0.4) is 0 Å². The topological polar surface area (TPSA) is 48.1 Å². The molecule has 1 aromatic rings. The first-order valence-electron chi connectivity index (χ1n) is 5.37. The van der Waals surface area contributed by atoms with Gasteiger partial charge in [0.1, 0.15) is 0 Å². The first kappa shape index (κ1) is 10.9. The second kappa shape index (κ2) is 4.49. The summed E-state index contributed by atoms with van der Waals surface area (Å²) in [5, 5.41) is 0. The van der Waals surface area contributed by atoms with E-state index in [1.165, 1.54) is 5.57 Å². The molecule has 2 rings (SSSR count). The van der Waals surface area contributed by atoms with Gasteiger partial charge < -0.3 is 10.5 Å². The average Bonchev–Trinajstić information content (AvgIpc) is 2.29. The third-order valence-corrected chi connectivity index (χ3v) is 2.58. The normalized spacial score (nSPS) is 15.7. The summed E-state index contributed by atoms with van der Waals surface area (Å²) in [5.41, 5.74) is 10.5. The molecule has 0 aromatic carbocycles. The Morgan fingerprint density at radius 3 is 2.94 bits per heavy atom. The Balaban J connectivity index is 2.40. The average molecular weight is 216 g/mol. The van der Waals surface area contributed by atoms with Gasteiger partial charge in [-0.25, -0.2) is 4.98 Å². The van der Waals surface area contributed by atoms with Crippen LogP contribution in [-0.4, -0.2) is 18.2 Å². The molecule has 0 aliphatic carbocycles. The van der Waals surface area contributed by atoms with E-state index in [-0.39, 0.29) is 0 Å². The number of nitrogens with zero attached hydrogens (tertiary/aromatic N) is 1. The molecule has 0 saturated carbocycles. The number of nitrogens with two attached hydrogens (primary N) is 1. The van der Waals surface area contributed by atoms with Gasteiger partial charge in [-0.3, -0.25) is 0 Å². The SMILES string of the molecule is C=C(C)c1cc(N)cc(C2=CCOCC2)n1. The van der Waals surface area contributed by atoms with Gasteiger partial charge in [0.15, 0.2) is 0 Å². The maximum Gasteiger partial charge on any atom is 0.0688 e. The molecule has 16 heavy (non-hydrogen) atoms. The fourth-order valence-corrected chi connectivity index (χ4v) is 1.69. The first-order valence-corrected chi connectivity index (χ1v) is 5.37. The molecule has 0 spiro atoms. The molecule has 0 unspecified atom stereocenters. The zero-order valence-electron chi connectivity index (χ0n) is 9.49. The van der Waals surface area contributed by atoms with E-state index < -0.39 is 0 Å². The molecule has 2 heterocycles. The van der Waals surface area contributed by atoms with Crippen LogP contribution in [0.25, 0.3) is 11.1 Å². The molecular formula is C13H16N2O. The van der Waals surface area contributed by atoms with Crippen molar-refractivity contribution in [3.8, 4) is 0 Å². The van der Waals surface area contributed by atoms with Gasteiger partial charge in [0.05, 0.1) is 24.6 Å². The van der Waals surface area contributed by atoms with Crippen molar-refractivity contribution in [3.05, 3.63) is 36.2 Å². The lowest BCUT2D eigenvalue weighted by atomic mass is 10.1. The van der Waals surface area contributed by atoms with E-state index in [0.717, 1.165) is 35.7 Å². The van der Waals surface area contributed by atoms with Crippen molar-refractivity contribution < 1.29 is 4.74 Å². The fourth-order valence-electron chi connectivity index (χ4n) is 1.69. The van der Waals surface area contributed by atoms with Crippen LogP contribution in [0.2, 0.25) is 0 Å². The summed E-state index contributed by atoms with van der Waals surface area (Å²) in [6.45, 7) is 7.24. The van der Waals surface area contributed by atoms with E-state index in [1.54, 1.807) is 0 Å². The zero-order valence-corrected chi connectivity index (χ0v) is 9.49. The lowest BCUT2D eigenvalue weighted by Crippen LogP contribution is -2.06. The van der Waals surface area contributed by atoms with Crippen LogP contribution in [0.5, 0.6) is 0 Å². The van der Waals surface area contributed by atoms with E-state index >= 15 is 0 Å². The predicted octanol–water partition coefficient (Wildman–Crippen LogP) is 2.50. The predicted molar refractivity (Wildman–Crippen MR) is 66.8 cm³/mol. The third kappa shape index (κ3) is 2.31. The first-order chi connectivity index (χ1) is 7.66. The molecule has 1 aliphatic heterocycles. The lowest BCUT2D eigenvalue weighted by Gasteiger charge is -2.14. The Morgan fingerprint density at radius 2 is 2.31 bits per heavy atom. The molecular weight excluding hydrogens is 200 g/mol. The van der Waals surface area contributed by atoms with Crippen molar-refractivity contribution in [3.63, 3.8) is 0 Å². The van der Waals surface area contributed by atoms with Gasteiger partial charge >= 0.3 is 0 Å². The number of pyridine rings is 1. The van der Waals surface area contributed by atoms with Crippen molar-refractivity contribution in [2.45, 2.75) is 13.3 Å². The van der Waals surface area contributed by atoms with Crippen LogP contribution in [0, 0.1) is 0 Å². The molecule has 0 atom stereocenters. The van der Waals surface area contributed by atoms with E-state index in [4.69, 9.17) is 10.5 Å². The van der Waals surface area contributed by atoms with E-state index in [0.29, 0.717) is 6.61 Å². The van der Waals surface area contributed by atoms with E-state index in [1.807, 2.05) is 19.1 Å². The van der Waals surface area contributed by atoms with Gasteiger partial charge in [0, 0.05) is 5.69 Å². The molecule has 0 fully saturated rings. The maximum atomic E-state index is 5.86. The Morgan fingerprint density at radius 1 is 1.50 bits per heavy atom. The minimum Gasteiger partial charge on any atom is -0.399 e. The zero-order chi connectivity index (χ0) is 11.5. The quantitative estimate of drug-likeness (QED) is 0.826. The molecule has 1 aliphatic rings.